The van der Waals surface area contributed by atoms with Crippen molar-refractivity contribution in [3.8, 4) is 11.5 Å². The predicted octanol–water partition coefficient (Wildman–Crippen LogP) is 1.09. The number of benzene rings is 1. The predicted molar refractivity (Wildman–Crippen MR) is 81.5 cm³/mol. The highest BCUT2D eigenvalue weighted by atomic mass is 35.5. The Bertz CT molecular complexity index is 614. The van der Waals surface area contributed by atoms with Crippen molar-refractivity contribution in [2.24, 2.45) is 5.10 Å². The van der Waals surface area contributed by atoms with Crippen LogP contribution in [0, 0.1) is 0 Å². The van der Waals surface area contributed by atoms with Crippen molar-refractivity contribution in [2.45, 2.75) is 18.9 Å². The Morgan fingerprint density at radius 3 is 2.59 bits per heavy atom. The molecule has 118 valence electrons. The average Bonchev–Trinajstić information content (AvgIpc) is 3.30. The van der Waals surface area contributed by atoms with E-state index < -0.39 is 11.8 Å². The van der Waals surface area contributed by atoms with Gasteiger partial charge < -0.3 is 14.8 Å². The van der Waals surface area contributed by atoms with Crippen LogP contribution in [-0.4, -0.2) is 38.3 Å². The maximum absolute atomic E-state index is 11.5. The number of nitrogens with one attached hydrogen (secondary N) is 2. The third kappa shape index (κ3) is 4.11. The number of hydrazone groups is 1. The van der Waals surface area contributed by atoms with E-state index in [0.29, 0.717) is 22.1 Å². The lowest BCUT2D eigenvalue weighted by molar-refractivity contribution is -0.139. The maximum Gasteiger partial charge on any atom is 0.329 e. The van der Waals surface area contributed by atoms with E-state index in [1.165, 1.54) is 20.4 Å². The van der Waals surface area contributed by atoms with Crippen molar-refractivity contribution in [3.05, 3.63) is 22.7 Å². The Labute approximate surface area is 132 Å². The lowest BCUT2D eigenvalue weighted by Crippen LogP contribution is -2.38. The molecule has 0 heterocycles. The lowest BCUT2D eigenvalue weighted by atomic mass is 10.2. The third-order valence-electron chi connectivity index (χ3n) is 2.95. The van der Waals surface area contributed by atoms with E-state index in [9.17, 15) is 9.59 Å². The summed E-state index contributed by atoms with van der Waals surface area (Å²) in [5, 5.41) is 6.63. The number of ether oxygens (including phenoxy) is 2. The number of rotatable bonds is 5. The first-order chi connectivity index (χ1) is 10.5. The smallest absolute Gasteiger partial charge is 0.329 e. The molecule has 1 aliphatic carbocycles. The normalized spacial score (nSPS) is 13.8. The fourth-order valence-electron chi connectivity index (χ4n) is 1.71. The molecule has 0 atom stereocenters. The zero-order valence-electron chi connectivity index (χ0n) is 12.2. The van der Waals surface area contributed by atoms with Crippen molar-refractivity contribution in [2.75, 3.05) is 14.2 Å². The first-order valence-electron chi connectivity index (χ1n) is 6.60. The van der Waals surface area contributed by atoms with Crippen LogP contribution in [0.4, 0.5) is 0 Å². The molecular formula is C14H16ClN3O4. The van der Waals surface area contributed by atoms with Crippen LogP contribution in [0.5, 0.6) is 11.5 Å². The van der Waals surface area contributed by atoms with Crippen molar-refractivity contribution < 1.29 is 19.1 Å². The molecule has 7 nitrogen and oxygen atoms in total. The second kappa shape index (κ2) is 7.13. The molecule has 0 aromatic heterocycles. The number of hydrogen-bond acceptors (Lipinski definition) is 5. The molecule has 2 rings (SSSR count). The molecule has 2 amide bonds. The minimum absolute atomic E-state index is 0.117. The summed E-state index contributed by atoms with van der Waals surface area (Å²) in [6, 6.07) is 3.36. The van der Waals surface area contributed by atoms with E-state index in [4.69, 9.17) is 21.1 Å². The van der Waals surface area contributed by atoms with Crippen LogP contribution in [0.25, 0.3) is 0 Å². The standard InChI is InChI=1S/C14H16ClN3O4/c1-21-11-6-8(5-10(15)12(11)22-2)7-16-18-14(20)13(19)17-9-3-4-9/h5-7,9H,3-4H2,1-2H3,(H,17,19)(H,18,20)/b16-7-. The number of hydrogen-bond donors (Lipinski definition) is 2. The fourth-order valence-corrected chi connectivity index (χ4v) is 2.00. The van der Waals surface area contributed by atoms with E-state index in [0.717, 1.165) is 12.8 Å². The highest BCUT2D eigenvalue weighted by molar-refractivity contribution is 6.35. The first kappa shape index (κ1) is 16.1. The molecular weight excluding hydrogens is 310 g/mol. The molecule has 1 saturated carbocycles. The Morgan fingerprint density at radius 1 is 1.27 bits per heavy atom. The quantitative estimate of drug-likeness (QED) is 0.482. The second-order valence-electron chi connectivity index (χ2n) is 4.69. The van der Waals surface area contributed by atoms with Crippen molar-refractivity contribution in [1.29, 1.82) is 0 Å². The van der Waals surface area contributed by atoms with Crippen LogP contribution in [-0.2, 0) is 9.59 Å². The van der Waals surface area contributed by atoms with Crippen molar-refractivity contribution in [1.82, 2.24) is 10.7 Å². The summed E-state index contributed by atoms with van der Waals surface area (Å²) >= 11 is 6.05. The van der Waals surface area contributed by atoms with Crippen molar-refractivity contribution in [3.63, 3.8) is 0 Å². The summed E-state index contributed by atoms with van der Waals surface area (Å²) < 4.78 is 10.3. The number of carbonyl (C=O) groups excluding carboxylic acids is 2. The second-order valence-corrected chi connectivity index (χ2v) is 5.09. The monoisotopic (exact) mass is 325 g/mol. The van der Waals surface area contributed by atoms with Gasteiger partial charge in [-0.2, -0.15) is 5.10 Å². The summed E-state index contributed by atoms with van der Waals surface area (Å²) in [6.45, 7) is 0. The Morgan fingerprint density at radius 2 is 2.00 bits per heavy atom. The zero-order valence-corrected chi connectivity index (χ0v) is 12.9. The van der Waals surface area contributed by atoms with Gasteiger partial charge in [0.05, 0.1) is 25.5 Å². The summed E-state index contributed by atoms with van der Waals surface area (Å²) in [4.78, 5) is 22.9. The topological polar surface area (TPSA) is 89.0 Å². The summed E-state index contributed by atoms with van der Waals surface area (Å²) in [5.41, 5.74) is 2.74. The Kier molecular flexibility index (Phi) is 5.21. The molecule has 8 heteroatoms. The van der Waals surface area contributed by atoms with Gasteiger partial charge in [0, 0.05) is 6.04 Å². The van der Waals surface area contributed by atoms with E-state index in [2.05, 4.69) is 15.8 Å². The van der Waals surface area contributed by atoms with Crippen LogP contribution < -0.4 is 20.2 Å². The highest BCUT2D eigenvalue weighted by Gasteiger charge is 2.26. The van der Waals surface area contributed by atoms with Crippen LogP contribution in [0.15, 0.2) is 17.2 Å². The van der Waals surface area contributed by atoms with E-state index in [1.54, 1.807) is 12.1 Å². The molecule has 1 aliphatic rings. The largest absolute Gasteiger partial charge is 0.493 e. The summed E-state index contributed by atoms with van der Waals surface area (Å²) in [5.74, 6) is -0.650. The van der Waals surface area contributed by atoms with Gasteiger partial charge in [-0.1, -0.05) is 11.6 Å². The molecule has 1 fully saturated rings. The van der Waals surface area contributed by atoms with Crippen LogP contribution in [0.1, 0.15) is 18.4 Å². The van der Waals surface area contributed by atoms with Gasteiger partial charge in [0.25, 0.3) is 0 Å². The molecule has 0 saturated heterocycles. The van der Waals surface area contributed by atoms with Gasteiger partial charge in [0.1, 0.15) is 0 Å². The molecule has 0 bridgehead atoms. The van der Waals surface area contributed by atoms with Crippen LogP contribution in [0.3, 0.4) is 0 Å². The van der Waals surface area contributed by atoms with Gasteiger partial charge in [-0.25, -0.2) is 5.43 Å². The number of amides is 2. The highest BCUT2D eigenvalue weighted by Crippen LogP contribution is 2.35. The van der Waals surface area contributed by atoms with Gasteiger partial charge in [-0.3, -0.25) is 9.59 Å². The Balaban J connectivity index is 1.98. The minimum Gasteiger partial charge on any atom is -0.493 e. The molecule has 0 unspecified atom stereocenters. The minimum atomic E-state index is -0.810. The third-order valence-corrected chi connectivity index (χ3v) is 3.24. The van der Waals surface area contributed by atoms with Crippen molar-refractivity contribution >= 4 is 29.6 Å². The molecule has 22 heavy (non-hydrogen) atoms. The average molecular weight is 326 g/mol. The summed E-state index contributed by atoms with van der Waals surface area (Å²) in [7, 11) is 2.97. The zero-order chi connectivity index (χ0) is 16.1. The van der Waals surface area contributed by atoms with Gasteiger partial charge >= 0.3 is 11.8 Å². The molecule has 0 spiro atoms. The fraction of sp³-hybridized carbons (Fsp3) is 0.357. The number of carbonyl (C=O) groups is 2. The van der Waals surface area contributed by atoms with Crippen LogP contribution in [0.2, 0.25) is 5.02 Å². The van der Waals surface area contributed by atoms with E-state index >= 15 is 0 Å². The number of halogens is 1. The molecule has 0 radical (unpaired) electrons. The molecule has 1 aromatic rings. The number of nitrogens with zero attached hydrogens (tertiary/aromatic N) is 1. The first-order valence-corrected chi connectivity index (χ1v) is 6.98. The molecule has 1 aromatic carbocycles. The number of methoxy groups -OCH3 is 2. The van der Waals surface area contributed by atoms with Gasteiger partial charge in [0.15, 0.2) is 11.5 Å². The van der Waals surface area contributed by atoms with E-state index in [1.807, 2.05) is 0 Å². The SMILES string of the molecule is COc1cc(/C=N\NC(=O)C(=O)NC2CC2)cc(Cl)c1OC. The summed E-state index contributed by atoms with van der Waals surface area (Å²) in [6.07, 6.45) is 3.18. The van der Waals surface area contributed by atoms with E-state index in [-0.39, 0.29) is 6.04 Å². The van der Waals surface area contributed by atoms with Gasteiger partial charge in [-0.15, -0.1) is 0 Å². The van der Waals surface area contributed by atoms with Gasteiger partial charge in [0.2, 0.25) is 0 Å². The van der Waals surface area contributed by atoms with Gasteiger partial charge in [-0.05, 0) is 30.5 Å². The van der Waals surface area contributed by atoms with Crippen LogP contribution >= 0.6 is 11.6 Å². The Hall–Kier alpha value is -2.28. The molecule has 0 aliphatic heterocycles. The maximum atomic E-state index is 11.5. The lowest BCUT2D eigenvalue weighted by Gasteiger charge is -2.09. The molecule has 2 N–H and O–H groups in total.